The normalized spacial score (nSPS) is 20.0. The summed E-state index contributed by atoms with van der Waals surface area (Å²) in [5.74, 6) is -0.202. The molecule has 2 heterocycles. The molecule has 0 spiro atoms. The Morgan fingerprint density at radius 3 is 2.38 bits per heavy atom. The molecule has 1 fully saturated rings. The lowest BCUT2D eigenvalue weighted by molar-refractivity contribution is 0.104. The first-order valence-corrected chi connectivity index (χ1v) is 13.3. The molecule has 2 aliphatic rings. The molecular weight excluding hydrogens is 489 g/mol. The maximum absolute atomic E-state index is 13.3. The van der Waals surface area contributed by atoms with Crippen molar-refractivity contribution in [1.29, 1.82) is 0 Å². The van der Waals surface area contributed by atoms with Gasteiger partial charge in [-0.1, -0.05) is 48.0 Å². The predicted octanol–water partition coefficient (Wildman–Crippen LogP) is 5.95. The van der Waals surface area contributed by atoms with Crippen LogP contribution in [0.4, 0.5) is 14.9 Å². The van der Waals surface area contributed by atoms with Crippen molar-refractivity contribution in [2.24, 2.45) is 0 Å². The number of fused-ring (bicyclic) bond motifs is 1. The lowest BCUT2D eigenvalue weighted by Crippen LogP contribution is -2.49. The van der Waals surface area contributed by atoms with E-state index >= 15 is 0 Å². The molecule has 0 aliphatic carbocycles. The summed E-state index contributed by atoms with van der Waals surface area (Å²) in [6, 6.07) is 23.3. The van der Waals surface area contributed by atoms with Crippen molar-refractivity contribution < 1.29 is 13.9 Å². The van der Waals surface area contributed by atoms with Crippen LogP contribution in [0.3, 0.4) is 0 Å². The molecule has 0 aromatic heterocycles. The summed E-state index contributed by atoms with van der Waals surface area (Å²) in [6.07, 6.45) is 1.59. The smallest absolute Gasteiger partial charge is 0.409 e. The van der Waals surface area contributed by atoms with Gasteiger partial charge in [0.15, 0.2) is 0 Å². The maximum Gasteiger partial charge on any atom is 0.409 e. The predicted molar refractivity (Wildman–Crippen MR) is 146 cm³/mol. The number of halogens is 2. The number of anilines is 1. The molecule has 194 valence electrons. The fraction of sp³-hybridized carbons (Fsp3) is 0.367. The number of amides is 1. The van der Waals surface area contributed by atoms with E-state index in [-0.39, 0.29) is 17.3 Å². The van der Waals surface area contributed by atoms with Crippen LogP contribution in [0.5, 0.6) is 0 Å². The SMILES string of the molecule is COC(=O)N1Cc2ccccc2C(CCCN2CCN(c3ccc(F)cc3)CC2)(c2ccc(Cl)cc2)C1. The lowest BCUT2D eigenvalue weighted by atomic mass is 9.67. The van der Waals surface area contributed by atoms with Gasteiger partial charge < -0.3 is 14.5 Å². The van der Waals surface area contributed by atoms with E-state index in [1.165, 1.54) is 30.4 Å². The number of piperazine rings is 1. The quantitative estimate of drug-likeness (QED) is 0.401. The Hall–Kier alpha value is -3.09. The van der Waals surface area contributed by atoms with Gasteiger partial charge >= 0.3 is 6.09 Å². The molecule has 1 saturated heterocycles. The van der Waals surface area contributed by atoms with Crippen molar-refractivity contribution in [3.63, 3.8) is 0 Å². The number of rotatable bonds is 6. The highest BCUT2D eigenvalue weighted by atomic mass is 35.5. The average molecular weight is 522 g/mol. The van der Waals surface area contributed by atoms with Crippen LogP contribution in [0, 0.1) is 5.82 Å². The van der Waals surface area contributed by atoms with Crippen molar-refractivity contribution in [2.75, 3.05) is 51.3 Å². The summed E-state index contributed by atoms with van der Waals surface area (Å²) < 4.78 is 18.4. The van der Waals surface area contributed by atoms with Gasteiger partial charge in [0.2, 0.25) is 0 Å². The summed E-state index contributed by atoms with van der Waals surface area (Å²) in [5.41, 5.74) is 4.33. The molecule has 3 aromatic carbocycles. The molecule has 3 aromatic rings. The number of hydrogen-bond acceptors (Lipinski definition) is 4. The molecule has 0 saturated carbocycles. The fourth-order valence-corrected chi connectivity index (χ4v) is 6.04. The van der Waals surface area contributed by atoms with Gasteiger partial charge in [-0.05, 0) is 72.5 Å². The van der Waals surface area contributed by atoms with Gasteiger partial charge in [0.05, 0.1) is 7.11 Å². The van der Waals surface area contributed by atoms with Crippen LogP contribution in [0.15, 0.2) is 72.8 Å². The van der Waals surface area contributed by atoms with E-state index in [1.807, 2.05) is 35.2 Å². The van der Waals surface area contributed by atoms with Crippen LogP contribution in [0.2, 0.25) is 5.02 Å². The monoisotopic (exact) mass is 521 g/mol. The molecular formula is C30H33ClFN3O2. The summed E-state index contributed by atoms with van der Waals surface area (Å²) in [7, 11) is 1.44. The van der Waals surface area contributed by atoms with Gasteiger partial charge in [-0.3, -0.25) is 4.90 Å². The number of hydrogen-bond donors (Lipinski definition) is 0. The molecule has 0 N–H and O–H groups in total. The van der Waals surface area contributed by atoms with Crippen molar-refractivity contribution in [3.8, 4) is 0 Å². The Labute approximate surface area is 223 Å². The van der Waals surface area contributed by atoms with Crippen LogP contribution in [0.25, 0.3) is 0 Å². The second kappa shape index (κ2) is 11.1. The molecule has 1 unspecified atom stereocenters. The number of benzene rings is 3. The minimum atomic E-state index is -0.344. The number of nitrogens with zero attached hydrogens (tertiary/aromatic N) is 3. The average Bonchev–Trinajstić information content (AvgIpc) is 2.93. The Kier molecular flexibility index (Phi) is 7.68. The number of carbonyl (C=O) groups excluding carboxylic acids is 1. The lowest BCUT2D eigenvalue weighted by Gasteiger charge is -2.45. The molecule has 0 radical (unpaired) electrons. The van der Waals surface area contributed by atoms with E-state index in [1.54, 1.807) is 0 Å². The zero-order valence-electron chi connectivity index (χ0n) is 21.2. The van der Waals surface area contributed by atoms with E-state index in [2.05, 4.69) is 40.1 Å². The van der Waals surface area contributed by atoms with E-state index in [0.29, 0.717) is 18.1 Å². The summed E-state index contributed by atoms with van der Waals surface area (Å²) >= 11 is 6.25. The van der Waals surface area contributed by atoms with Crippen molar-refractivity contribution >= 4 is 23.4 Å². The fourth-order valence-electron chi connectivity index (χ4n) is 5.92. The minimum Gasteiger partial charge on any atom is -0.453 e. The molecule has 0 bridgehead atoms. The molecule has 5 nitrogen and oxygen atoms in total. The molecule has 7 heteroatoms. The second-order valence-corrected chi connectivity index (χ2v) is 10.4. The highest BCUT2D eigenvalue weighted by Crippen LogP contribution is 2.43. The zero-order valence-corrected chi connectivity index (χ0v) is 22.0. The largest absolute Gasteiger partial charge is 0.453 e. The second-order valence-electron chi connectivity index (χ2n) is 9.98. The van der Waals surface area contributed by atoms with Gasteiger partial charge in [-0.2, -0.15) is 0 Å². The van der Waals surface area contributed by atoms with E-state index in [0.717, 1.165) is 56.8 Å². The molecule has 5 rings (SSSR count). The zero-order chi connectivity index (χ0) is 25.8. The van der Waals surface area contributed by atoms with Gasteiger partial charge in [0.25, 0.3) is 0 Å². The number of carbonyl (C=O) groups is 1. The molecule has 37 heavy (non-hydrogen) atoms. The summed E-state index contributed by atoms with van der Waals surface area (Å²) in [6.45, 7) is 5.87. The van der Waals surface area contributed by atoms with Crippen molar-refractivity contribution in [2.45, 2.75) is 24.8 Å². The van der Waals surface area contributed by atoms with E-state index in [4.69, 9.17) is 16.3 Å². The Morgan fingerprint density at radius 1 is 0.973 bits per heavy atom. The van der Waals surface area contributed by atoms with Crippen molar-refractivity contribution in [1.82, 2.24) is 9.80 Å². The Morgan fingerprint density at radius 2 is 1.68 bits per heavy atom. The Bertz CT molecular complexity index is 1210. The van der Waals surface area contributed by atoms with Crippen molar-refractivity contribution in [3.05, 3.63) is 100 Å². The maximum atomic E-state index is 13.3. The third kappa shape index (κ3) is 5.46. The van der Waals surface area contributed by atoms with E-state index < -0.39 is 0 Å². The van der Waals surface area contributed by atoms with Gasteiger partial charge in [-0.15, -0.1) is 0 Å². The number of methoxy groups -OCH3 is 1. The first-order valence-electron chi connectivity index (χ1n) is 12.9. The van der Waals surface area contributed by atoms with Crippen LogP contribution in [0.1, 0.15) is 29.5 Å². The van der Waals surface area contributed by atoms with E-state index in [9.17, 15) is 9.18 Å². The molecule has 2 aliphatic heterocycles. The number of ether oxygens (including phenoxy) is 1. The molecule has 1 atom stereocenters. The third-order valence-corrected chi connectivity index (χ3v) is 8.08. The van der Waals surface area contributed by atoms with Crippen LogP contribution in [-0.2, 0) is 16.7 Å². The van der Waals surface area contributed by atoms with Gasteiger partial charge in [-0.25, -0.2) is 9.18 Å². The minimum absolute atomic E-state index is 0.202. The summed E-state index contributed by atoms with van der Waals surface area (Å²) in [5, 5.41) is 0.701. The van der Waals surface area contributed by atoms with Gasteiger partial charge in [0, 0.05) is 55.4 Å². The molecule has 1 amide bonds. The van der Waals surface area contributed by atoms with Crippen LogP contribution < -0.4 is 4.90 Å². The van der Waals surface area contributed by atoms with Crippen LogP contribution in [-0.4, -0.2) is 62.3 Å². The first-order chi connectivity index (χ1) is 18.0. The summed E-state index contributed by atoms with van der Waals surface area (Å²) in [4.78, 5) is 19.3. The highest BCUT2D eigenvalue weighted by molar-refractivity contribution is 6.30. The topological polar surface area (TPSA) is 36.0 Å². The highest BCUT2D eigenvalue weighted by Gasteiger charge is 2.42. The third-order valence-electron chi connectivity index (χ3n) is 7.83. The Balaban J connectivity index is 1.33. The first kappa shape index (κ1) is 25.6. The van der Waals surface area contributed by atoms with Gasteiger partial charge in [0.1, 0.15) is 5.82 Å². The standard InChI is InChI=1S/C30H33ClFN3O2/c1-37-29(36)35-21-23-5-2-3-6-28(23)30(22-35,24-7-9-25(31)10-8-24)15-4-16-33-17-19-34(20-18-33)27-13-11-26(32)12-14-27/h2-3,5-14H,4,15-22H2,1H3. The van der Waals surface area contributed by atoms with Crippen LogP contribution >= 0.6 is 11.6 Å².